The number of aromatic nitrogens is 2. The highest BCUT2D eigenvalue weighted by Crippen LogP contribution is 2.33. The van der Waals surface area contributed by atoms with Crippen LogP contribution in [0.15, 0.2) is 48.8 Å². The predicted molar refractivity (Wildman–Crippen MR) is 77.1 cm³/mol. The zero-order chi connectivity index (χ0) is 14.8. The lowest BCUT2D eigenvalue weighted by atomic mass is 10.1. The van der Waals surface area contributed by atoms with Crippen molar-refractivity contribution >= 4 is 22.3 Å². The molecule has 0 amide bonds. The minimum Gasteiger partial charge on any atom is -0.438 e. The number of hydrogen-bond donors (Lipinski definition) is 1. The van der Waals surface area contributed by atoms with Crippen molar-refractivity contribution in [3.63, 3.8) is 0 Å². The summed E-state index contributed by atoms with van der Waals surface area (Å²) in [6, 6.07) is 9.48. The van der Waals surface area contributed by atoms with E-state index in [-0.39, 0.29) is 11.2 Å². The summed E-state index contributed by atoms with van der Waals surface area (Å²) in [7, 11) is 0. The van der Waals surface area contributed by atoms with Crippen molar-refractivity contribution in [2.24, 2.45) is 0 Å². The second kappa shape index (κ2) is 5.04. The standard InChI is InChI=1S/C14H10N4O3/c15-9-5-7-16-13(8-9)21-12-4-3-11(18(19)20)14-10(12)2-1-6-17-14/h1-8H,(H2,15,16). The average Bonchev–Trinajstić information content (AvgIpc) is 2.47. The van der Waals surface area contributed by atoms with Crippen molar-refractivity contribution in [2.45, 2.75) is 0 Å². The second-order valence-electron chi connectivity index (χ2n) is 4.27. The highest BCUT2D eigenvalue weighted by molar-refractivity contribution is 5.92. The van der Waals surface area contributed by atoms with E-state index < -0.39 is 4.92 Å². The Morgan fingerprint density at radius 1 is 1.14 bits per heavy atom. The van der Waals surface area contributed by atoms with Crippen LogP contribution in [0.4, 0.5) is 11.4 Å². The number of nitrogen functional groups attached to an aromatic ring is 1. The number of nitro benzene ring substituents is 1. The number of pyridine rings is 2. The van der Waals surface area contributed by atoms with Crippen molar-refractivity contribution in [3.8, 4) is 11.6 Å². The lowest BCUT2D eigenvalue weighted by Gasteiger charge is -2.08. The van der Waals surface area contributed by atoms with E-state index in [9.17, 15) is 10.1 Å². The molecule has 7 heteroatoms. The summed E-state index contributed by atoms with van der Waals surface area (Å²) in [6.07, 6.45) is 3.02. The van der Waals surface area contributed by atoms with Crippen LogP contribution in [0.3, 0.4) is 0 Å². The SMILES string of the molecule is Nc1ccnc(Oc2ccc([N+](=O)[O-])c3ncccc23)c1. The molecule has 0 spiro atoms. The van der Waals surface area contributed by atoms with E-state index in [2.05, 4.69) is 9.97 Å². The van der Waals surface area contributed by atoms with Crippen LogP contribution in [-0.4, -0.2) is 14.9 Å². The van der Waals surface area contributed by atoms with Crippen LogP contribution in [-0.2, 0) is 0 Å². The van der Waals surface area contributed by atoms with Gasteiger partial charge in [0, 0.05) is 30.2 Å². The monoisotopic (exact) mass is 282 g/mol. The van der Waals surface area contributed by atoms with Gasteiger partial charge in [0.2, 0.25) is 5.88 Å². The number of nitro groups is 1. The molecule has 1 aromatic carbocycles. The van der Waals surface area contributed by atoms with Gasteiger partial charge in [-0.1, -0.05) is 0 Å². The topological polar surface area (TPSA) is 104 Å². The summed E-state index contributed by atoms with van der Waals surface area (Å²) in [6.45, 7) is 0. The summed E-state index contributed by atoms with van der Waals surface area (Å²) in [5.74, 6) is 0.746. The molecule has 2 N–H and O–H groups in total. The first-order chi connectivity index (χ1) is 10.1. The highest BCUT2D eigenvalue weighted by Gasteiger charge is 2.16. The minimum absolute atomic E-state index is 0.0708. The van der Waals surface area contributed by atoms with Gasteiger partial charge < -0.3 is 10.5 Å². The van der Waals surface area contributed by atoms with Crippen LogP contribution in [0.25, 0.3) is 10.9 Å². The molecule has 0 bridgehead atoms. The van der Waals surface area contributed by atoms with Crippen LogP contribution >= 0.6 is 0 Å². The Hall–Kier alpha value is -3.22. The van der Waals surface area contributed by atoms with Crippen LogP contribution < -0.4 is 10.5 Å². The molecule has 2 aromatic heterocycles. The summed E-state index contributed by atoms with van der Waals surface area (Å²) in [4.78, 5) is 18.6. The average molecular weight is 282 g/mol. The fourth-order valence-electron chi connectivity index (χ4n) is 1.96. The van der Waals surface area contributed by atoms with E-state index in [1.165, 1.54) is 24.5 Å². The van der Waals surface area contributed by atoms with Crippen molar-refractivity contribution < 1.29 is 9.66 Å². The smallest absolute Gasteiger partial charge is 0.295 e. The fraction of sp³-hybridized carbons (Fsp3) is 0. The Morgan fingerprint density at radius 3 is 2.76 bits per heavy atom. The summed E-state index contributed by atoms with van der Waals surface area (Å²) in [5, 5.41) is 11.6. The summed E-state index contributed by atoms with van der Waals surface area (Å²) < 4.78 is 5.65. The van der Waals surface area contributed by atoms with Gasteiger partial charge in [-0.2, -0.15) is 0 Å². The van der Waals surface area contributed by atoms with Crippen LogP contribution in [0.1, 0.15) is 0 Å². The molecule has 21 heavy (non-hydrogen) atoms. The molecule has 0 radical (unpaired) electrons. The van der Waals surface area contributed by atoms with Gasteiger partial charge in [-0.05, 0) is 24.3 Å². The van der Waals surface area contributed by atoms with Crippen molar-refractivity contribution in [1.29, 1.82) is 0 Å². The summed E-state index contributed by atoms with van der Waals surface area (Å²) >= 11 is 0. The third-order valence-electron chi connectivity index (χ3n) is 2.88. The van der Waals surface area contributed by atoms with E-state index in [1.54, 1.807) is 24.3 Å². The Morgan fingerprint density at radius 2 is 2.00 bits per heavy atom. The summed E-state index contributed by atoms with van der Waals surface area (Å²) in [5.41, 5.74) is 6.38. The van der Waals surface area contributed by atoms with E-state index in [4.69, 9.17) is 10.5 Å². The molecule has 0 saturated carbocycles. The second-order valence-corrected chi connectivity index (χ2v) is 4.27. The maximum atomic E-state index is 11.0. The molecule has 0 aliphatic heterocycles. The van der Waals surface area contributed by atoms with Crippen molar-refractivity contribution in [2.75, 3.05) is 5.73 Å². The zero-order valence-corrected chi connectivity index (χ0v) is 10.8. The maximum absolute atomic E-state index is 11.0. The first kappa shape index (κ1) is 12.8. The number of hydrogen-bond acceptors (Lipinski definition) is 6. The van der Waals surface area contributed by atoms with Gasteiger partial charge in [0.05, 0.1) is 10.3 Å². The van der Waals surface area contributed by atoms with Gasteiger partial charge in [0.1, 0.15) is 5.75 Å². The van der Waals surface area contributed by atoms with Gasteiger partial charge in [-0.25, -0.2) is 9.97 Å². The van der Waals surface area contributed by atoms with E-state index in [0.717, 1.165) is 0 Å². The Labute approximate surface area is 119 Å². The van der Waals surface area contributed by atoms with Crippen molar-refractivity contribution in [3.05, 3.63) is 58.9 Å². The van der Waals surface area contributed by atoms with Crippen LogP contribution in [0.5, 0.6) is 11.6 Å². The Balaban J connectivity index is 2.12. The molecular weight excluding hydrogens is 272 g/mol. The normalized spacial score (nSPS) is 10.5. The third kappa shape index (κ3) is 2.44. The molecule has 3 rings (SSSR count). The first-order valence-electron chi connectivity index (χ1n) is 6.06. The molecule has 2 heterocycles. The van der Waals surface area contributed by atoms with Crippen molar-refractivity contribution in [1.82, 2.24) is 9.97 Å². The molecular formula is C14H10N4O3. The molecule has 0 aliphatic rings. The Bertz CT molecular complexity index is 835. The van der Waals surface area contributed by atoms with Gasteiger partial charge >= 0.3 is 0 Å². The van der Waals surface area contributed by atoms with Crippen LogP contribution in [0.2, 0.25) is 0 Å². The Kier molecular flexibility index (Phi) is 3.07. The molecule has 0 fully saturated rings. The minimum atomic E-state index is -0.474. The van der Waals surface area contributed by atoms with E-state index >= 15 is 0 Å². The molecule has 7 nitrogen and oxygen atoms in total. The van der Waals surface area contributed by atoms with Gasteiger partial charge in [0.25, 0.3) is 5.69 Å². The van der Waals surface area contributed by atoms with E-state index in [0.29, 0.717) is 22.7 Å². The van der Waals surface area contributed by atoms with Gasteiger partial charge in [0.15, 0.2) is 5.52 Å². The molecule has 0 unspecified atom stereocenters. The number of benzene rings is 1. The largest absolute Gasteiger partial charge is 0.438 e. The third-order valence-corrected chi connectivity index (χ3v) is 2.88. The lowest BCUT2D eigenvalue weighted by Crippen LogP contribution is -1.95. The fourth-order valence-corrected chi connectivity index (χ4v) is 1.96. The zero-order valence-electron chi connectivity index (χ0n) is 10.8. The van der Waals surface area contributed by atoms with Crippen LogP contribution in [0, 0.1) is 10.1 Å². The van der Waals surface area contributed by atoms with E-state index in [1.807, 2.05) is 0 Å². The molecule has 3 aromatic rings. The maximum Gasteiger partial charge on any atom is 0.295 e. The number of ether oxygens (including phenoxy) is 1. The number of non-ortho nitro benzene ring substituents is 1. The molecule has 104 valence electrons. The quantitative estimate of drug-likeness (QED) is 0.585. The predicted octanol–water partition coefficient (Wildman–Crippen LogP) is 2.91. The number of nitrogens with zero attached hydrogens (tertiary/aromatic N) is 3. The highest BCUT2D eigenvalue weighted by atomic mass is 16.6. The number of nitrogens with two attached hydrogens (primary N) is 1. The lowest BCUT2D eigenvalue weighted by molar-refractivity contribution is -0.383. The number of rotatable bonds is 3. The van der Waals surface area contributed by atoms with Gasteiger partial charge in [-0.3, -0.25) is 10.1 Å². The molecule has 0 saturated heterocycles. The van der Waals surface area contributed by atoms with Gasteiger partial charge in [-0.15, -0.1) is 0 Å². The number of fused-ring (bicyclic) bond motifs is 1. The number of anilines is 1. The molecule has 0 aliphatic carbocycles. The first-order valence-corrected chi connectivity index (χ1v) is 6.06. The molecule has 0 atom stereocenters.